The van der Waals surface area contributed by atoms with Gasteiger partial charge in [-0.05, 0) is 38.1 Å². The van der Waals surface area contributed by atoms with Gasteiger partial charge in [-0.15, -0.1) is 0 Å². The Kier molecular flexibility index (Phi) is 6.29. The Bertz CT molecular complexity index is 956. The minimum Gasteiger partial charge on any atom is -0.457 e. The fourth-order valence-electron chi connectivity index (χ4n) is 2.26. The van der Waals surface area contributed by atoms with Gasteiger partial charge >= 0.3 is 5.97 Å². The van der Waals surface area contributed by atoms with Crippen molar-refractivity contribution in [2.24, 2.45) is 0 Å². The molecule has 2 aromatic rings. The largest absolute Gasteiger partial charge is 0.457 e. The van der Waals surface area contributed by atoms with Crippen molar-refractivity contribution < 1.29 is 22.9 Å². The third-order valence-electron chi connectivity index (χ3n) is 4.02. The van der Waals surface area contributed by atoms with E-state index in [1.807, 2.05) is 0 Å². The SMILES string of the molecule is CC(C)N(C)S(=O)(=O)c1cccc(C(=O)OCc2ccccc2[N+](=O)[O-])c1. The van der Waals surface area contributed by atoms with Gasteiger partial charge < -0.3 is 4.74 Å². The molecule has 0 amide bonds. The fourth-order valence-corrected chi connectivity index (χ4v) is 3.68. The molecule has 0 heterocycles. The van der Waals surface area contributed by atoms with Crippen LogP contribution in [0.25, 0.3) is 0 Å². The molecular weight excluding hydrogens is 372 g/mol. The zero-order valence-electron chi connectivity index (χ0n) is 15.2. The number of ether oxygens (including phenoxy) is 1. The van der Waals surface area contributed by atoms with Crippen LogP contribution < -0.4 is 0 Å². The zero-order valence-corrected chi connectivity index (χ0v) is 16.0. The van der Waals surface area contributed by atoms with Gasteiger partial charge in [0.05, 0.1) is 20.9 Å². The Labute approximate surface area is 157 Å². The molecule has 144 valence electrons. The monoisotopic (exact) mass is 392 g/mol. The van der Waals surface area contributed by atoms with Crippen molar-refractivity contribution in [3.8, 4) is 0 Å². The van der Waals surface area contributed by atoms with E-state index < -0.39 is 20.9 Å². The Morgan fingerprint density at radius 1 is 1.19 bits per heavy atom. The highest BCUT2D eigenvalue weighted by Gasteiger charge is 2.24. The van der Waals surface area contributed by atoms with E-state index in [4.69, 9.17) is 4.74 Å². The smallest absolute Gasteiger partial charge is 0.338 e. The molecule has 0 aliphatic heterocycles. The summed E-state index contributed by atoms with van der Waals surface area (Å²) in [6.45, 7) is 3.18. The van der Waals surface area contributed by atoms with E-state index in [1.165, 1.54) is 53.8 Å². The maximum atomic E-state index is 12.5. The highest BCUT2D eigenvalue weighted by molar-refractivity contribution is 7.89. The number of carbonyl (C=O) groups is 1. The standard InChI is InChI=1S/C18H20N2O6S/c1-13(2)19(3)27(24,25)16-9-6-8-14(11-16)18(21)26-12-15-7-4-5-10-17(15)20(22)23/h4-11,13H,12H2,1-3H3. The van der Waals surface area contributed by atoms with Crippen LogP contribution in [0.1, 0.15) is 29.8 Å². The molecule has 0 aliphatic rings. The first kappa shape index (κ1) is 20.5. The summed E-state index contributed by atoms with van der Waals surface area (Å²) in [5.74, 6) is -0.766. The second-order valence-corrected chi connectivity index (χ2v) is 8.10. The van der Waals surface area contributed by atoms with Crippen molar-refractivity contribution in [2.45, 2.75) is 31.4 Å². The minimum absolute atomic E-state index is 0.0289. The highest BCUT2D eigenvalue weighted by atomic mass is 32.2. The lowest BCUT2D eigenvalue weighted by atomic mass is 10.2. The first-order valence-electron chi connectivity index (χ1n) is 8.12. The van der Waals surface area contributed by atoms with Gasteiger partial charge in [0, 0.05) is 19.2 Å². The summed E-state index contributed by atoms with van der Waals surface area (Å²) in [6, 6.07) is 11.2. The predicted molar refractivity (Wildman–Crippen MR) is 98.7 cm³/mol. The van der Waals surface area contributed by atoms with Crippen LogP contribution in [0.5, 0.6) is 0 Å². The molecule has 0 N–H and O–H groups in total. The van der Waals surface area contributed by atoms with E-state index >= 15 is 0 Å². The molecule has 0 unspecified atom stereocenters. The van der Waals surface area contributed by atoms with Crippen LogP contribution in [0.4, 0.5) is 5.69 Å². The Morgan fingerprint density at radius 2 is 1.85 bits per heavy atom. The summed E-state index contributed by atoms with van der Waals surface area (Å²) >= 11 is 0. The lowest BCUT2D eigenvalue weighted by Gasteiger charge is -2.21. The maximum Gasteiger partial charge on any atom is 0.338 e. The van der Waals surface area contributed by atoms with Gasteiger partial charge in [-0.25, -0.2) is 13.2 Å². The molecule has 2 aromatic carbocycles. The molecule has 2 rings (SSSR count). The number of benzene rings is 2. The van der Waals surface area contributed by atoms with Crippen LogP contribution in [0, 0.1) is 10.1 Å². The fraction of sp³-hybridized carbons (Fsp3) is 0.278. The number of carbonyl (C=O) groups excluding carboxylic acids is 1. The quantitative estimate of drug-likeness (QED) is 0.407. The molecule has 0 radical (unpaired) electrons. The van der Waals surface area contributed by atoms with Crippen molar-refractivity contribution in [1.82, 2.24) is 4.31 Å². The molecule has 0 spiro atoms. The molecule has 0 atom stereocenters. The molecule has 8 nitrogen and oxygen atoms in total. The zero-order chi connectivity index (χ0) is 20.2. The Hall–Kier alpha value is -2.78. The van der Waals surface area contributed by atoms with Crippen molar-refractivity contribution in [3.63, 3.8) is 0 Å². The number of para-hydroxylation sites is 1. The highest BCUT2D eigenvalue weighted by Crippen LogP contribution is 2.21. The Balaban J connectivity index is 2.20. The van der Waals surface area contributed by atoms with Crippen LogP contribution in [-0.2, 0) is 21.4 Å². The van der Waals surface area contributed by atoms with Crippen molar-refractivity contribution >= 4 is 21.7 Å². The molecule has 27 heavy (non-hydrogen) atoms. The van der Waals surface area contributed by atoms with E-state index in [0.29, 0.717) is 0 Å². The third-order valence-corrected chi connectivity index (χ3v) is 6.05. The number of rotatable bonds is 7. The van der Waals surface area contributed by atoms with Gasteiger partial charge in [0.1, 0.15) is 6.61 Å². The lowest BCUT2D eigenvalue weighted by Crippen LogP contribution is -2.33. The summed E-state index contributed by atoms with van der Waals surface area (Å²) in [5.41, 5.74) is 0.145. The summed E-state index contributed by atoms with van der Waals surface area (Å²) in [7, 11) is -2.29. The van der Waals surface area contributed by atoms with E-state index in [2.05, 4.69) is 0 Å². The van der Waals surface area contributed by atoms with Crippen LogP contribution in [-0.4, -0.2) is 36.7 Å². The molecule has 0 aromatic heterocycles. The first-order chi connectivity index (χ1) is 12.6. The molecule has 0 saturated heterocycles. The van der Waals surface area contributed by atoms with Crippen LogP contribution in [0.15, 0.2) is 53.4 Å². The second kappa shape index (κ2) is 8.28. The van der Waals surface area contributed by atoms with Gasteiger partial charge in [0.15, 0.2) is 0 Å². The lowest BCUT2D eigenvalue weighted by molar-refractivity contribution is -0.385. The van der Waals surface area contributed by atoms with Crippen molar-refractivity contribution in [2.75, 3.05) is 7.05 Å². The summed E-state index contributed by atoms with van der Waals surface area (Å²) in [4.78, 5) is 22.7. The van der Waals surface area contributed by atoms with Crippen molar-refractivity contribution in [3.05, 3.63) is 69.8 Å². The normalized spacial score (nSPS) is 11.6. The molecule has 0 fully saturated rings. The topological polar surface area (TPSA) is 107 Å². The number of nitro benzene ring substituents is 1. The molecule has 9 heteroatoms. The van der Waals surface area contributed by atoms with Crippen LogP contribution >= 0.6 is 0 Å². The average molecular weight is 392 g/mol. The second-order valence-electron chi connectivity index (χ2n) is 6.10. The van der Waals surface area contributed by atoms with E-state index in [1.54, 1.807) is 19.9 Å². The van der Waals surface area contributed by atoms with Crippen LogP contribution in [0.2, 0.25) is 0 Å². The summed E-state index contributed by atoms with van der Waals surface area (Å²) < 4.78 is 31.4. The predicted octanol–water partition coefficient (Wildman–Crippen LogP) is 2.98. The van der Waals surface area contributed by atoms with Gasteiger partial charge in [0.2, 0.25) is 10.0 Å². The van der Waals surface area contributed by atoms with Crippen LogP contribution in [0.3, 0.4) is 0 Å². The number of esters is 1. The van der Waals surface area contributed by atoms with E-state index in [-0.39, 0.29) is 34.4 Å². The van der Waals surface area contributed by atoms with Gasteiger partial charge in [-0.2, -0.15) is 4.31 Å². The number of hydrogen-bond donors (Lipinski definition) is 0. The average Bonchev–Trinajstić information content (AvgIpc) is 2.65. The molecule has 0 saturated carbocycles. The number of nitro groups is 1. The summed E-state index contributed by atoms with van der Waals surface area (Å²) in [5, 5.41) is 11.0. The Morgan fingerprint density at radius 3 is 2.48 bits per heavy atom. The van der Waals surface area contributed by atoms with Crippen molar-refractivity contribution in [1.29, 1.82) is 0 Å². The van der Waals surface area contributed by atoms with Gasteiger partial charge in [-0.3, -0.25) is 10.1 Å². The number of nitrogens with zero attached hydrogens (tertiary/aromatic N) is 2. The minimum atomic E-state index is -3.74. The number of hydrogen-bond acceptors (Lipinski definition) is 6. The third kappa shape index (κ3) is 4.69. The number of sulfonamides is 1. The molecular formula is C18H20N2O6S. The van der Waals surface area contributed by atoms with E-state index in [0.717, 1.165) is 0 Å². The molecule has 0 bridgehead atoms. The van der Waals surface area contributed by atoms with Gasteiger partial charge in [0.25, 0.3) is 5.69 Å². The molecule has 0 aliphatic carbocycles. The van der Waals surface area contributed by atoms with Gasteiger partial charge in [-0.1, -0.05) is 18.2 Å². The summed E-state index contributed by atoms with van der Waals surface area (Å²) in [6.07, 6.45) is 0. The first-order valence-corrected chi connectivity index (χ1v) is 9.56. The van der Waals surface area contributed by atoms with E-state index in [9.17, 15) is 23.3 Å². The maximum absolute atomic E-state index is 12.5.